The summed E-state index contributed by atoms with van der Waals surface area (Å²) in [6.07, 6.45) is 3.59. The van der Waals surface area contributed by atoms with Crippen LogP contribution in [0.3, 0.4) is 0 Å². The molecule has 0 saturated carbocycles. The maximum Gasteiger partial charge on any atom is 0.269 e. The quantitative estimate of drug-likeness (QED) is 0.491. The Labute approximate surface area is 115 Å². The van der Waals surface area contributed by atoms with Crippen molar-refractivity contribution in [2.75, 3.05) is 0 Å². The molecular weight excluding hydrogens is 268 g/mol. The highest BCUT2D eigenvalue weighted by molar-refractivity contribution is 6.31. The second kappa shape index (κ2) is 5.67. The fourth-order valence-electron chi connectivity index (χ4n) is 1.54. The summed E-state index contributed by atoms with van der Waals surface area (Å²) in [5, 5.41) is 11.1. The van der Waals surface area contributed by atoms with Crippen molar-refractivity contribution in [3.63, 3.8) is 0 Å². The van der Waals surface area contributed by atoms with Crippen molar-refractivity contribution in [1.82, 2.24) is 0 Å². The van der Waals surface area contributed by atoms with Gasteiger partial charge in [-0.1, -0.05) is 11.6 Å². The molecule has 19 heavy (non-hydrogen) atoms. The van der Waals surface area contributed by atoms with Crippen molar-refractivity contribution >= 4 is 17.3 Å². The van der Waals surface area contributed by atoms with Gasteiger partial charge in [0.15, 0.2) is 6.20 Å². The number of pyridine rings is 1. The number of aromatic nitrogens is 1. The summed E-state index contributed by atoms with van der Waals surface area (Å²) in [4.78, 5) is 10.1. The molecule has 1 aromatic carbocycles. The Hall–Kier alpha value is -2.14. The van der Waals surface area contributed by atoms with E-state index >= 15 is 0 Å². The zero-order valence-corrected chi connectivity index (χ0v) is 11.0. The van der Waals surface area contributed by atoms with Crippen molar-refractivity contribution in [2.24, 2.45) is 7.05 Å². The number of nitro benzene ring substituents is 1. The molecule has 1 heterocycles. The monoisotopic (exact) mass is 279 g/mol. The van der Waals surface area contributed by atoms with Crippen LogP contribution in [0.4, 0.5) is 5.69 Å². The maximum absolute atomic E-state index is 10.5. The summed E-state index contributed by atoms with van der Waals surface area (Å²) in [6.45, 7) is 0.307. The van der Waals surface area contributed by atoms with Crippen LogP contribution in [0.5, 0.6) is 5.75 Å². The number of hydrogen-bond acceptors (Lipinski definition) is 3. The highest BCUT2D eigenvalue weighted by atomic mass is 35.5. The van der Waals surface area contributed by atoms with E-state index < -0.39 is 4.92 Å². The fraction of sp³-hybridized carbons (Fsp3) is 0.154. The molecule has 0 saturated heterocycles. The first-order chi connectivity index (χ1) is 9.06. The van der Waals surface area contributed by atoms with E-state index in [1.54, 1.807) is 24.4 Å². The lowest BCUT2D eigenvalue weighted by Crippen LogP contribution is -2.26. The molecule has 0 bridgehead atoms. The largest absolute Gasteiger partial charge is 0.482 e. The number of halogens is 1. The van der Waals surface area contributed by atoms with E-state index in [1.807, 2.05) is 17.8 Å². The van der Waals surface area contributed by atoms with Gasteiger partial charge in [-0.15, -0.1) is 0 Å². The molecule has 2 aromatic rings. The van der Waals surface area contributed by atoms with Gasteiger partial charge in [0.1, 0.15) is 13.7 Å². The van der Waals surface area contributed by atoms with Gasteiger partial charge in [-0.2, -0.15) is 0 Å². The maximum atomic E-state index is 10.5. The van der Waals surface area contributed by atoms with Crippen LogP contribution in [0.1, 0.15) is 5.56 Å². The molecule has 6 heteroatoms. The molecule has 0 N–H and O–H groups in total. The standard InChI is InChI=1S/C13H12ClN2O3/c1-15-7-6-12(14)13(8-15)19-9-10-2-4-11(5-3-10)16(17)18/h2-8H,9H2,1H3/q+1. The van der Waals surface area contributed by atoms with Crippen LogP contribution in [0.2, 0.25) is 5.02 Å². The molecule has 0 amide bonds. The van der Waals surface area contributed by atoms with Gasteiger partial charge in [0.25, 0.3) is 5.69 Å². The SMILES string of the molecule is C[n+]1ccc(Cl)c(OCc2ccc([N+](=O)[O-])cc2)c1. The molecular formula is C13H12ClN2O3+. The van der Waals surface area contributed by atoms with Gasteiger partial charge in [-0.25, -0.2) is 4.57 Å². The lowest BCUT2D eigenvalue weighted by Gasteiger charge is -2.06. The molecule has 5 nitrogen and oxygen atoms in total. The fourth-order valence-corrected chi connectivity index (χ4v) is 1.70. The molecule has 0 aliphatic rings. The van der Waals surface area contributed by atoms with Crippen LogP contribution in [0, 0.1) is 10.1 Å². The lowest BCUT2D eigenvalue weighted by atomic mass is 10.2. The van der Waals surface area contributed by atoms with Crippen LogP contribution < -0.4 is 9.30 Å². The first-order valence-electron chi connectivity index (χ1n) is 5.57. The van der Waals surface area contributed by atoms with E-state index in [0.717, 1.165) is 5.56 Å². The molecule has 0 spiro atoms. The van der Waals surface area contributed by atoms with E-state index in [1.165, 1.54) is 12.1 Å². The molecule has 0 aliphatic heterocycles. The van der Waals surface area contributed by atoms with Crippen LogP contribution in [-0.4, -0.2) is 4.92 Å². The summed E-state index contributed by atoms with van der Waals surface area (Å²) in [6, 6.07) is 7.97. The van der Waals surface area contributed by atoms with E-state index in [9.17, 15) is 10.1 Å². The predicted octanol–water partition coefficient (Wildman–Crippen LogP) is 2.65. The Morgan fingerprint density at radius 2 is 2.00 bits per heavy atom. The van der Waals surface area contributed by atoms with Gasteiger partial charge in [-0.3, -0.25) is 10.1 Å². The van der Waals surface area contributed by atoms with Gasteiger partial charge in [0, 0.05) is 18.2 Å². The smallest absolute Gasteiger partial charge is 0.269 e. The molecule has 0 unspecified atom stereocenters. The second-order valence-electron chi connectivity index (χ2n) is 4.03. The van der Waals surface area contributed by atoms with E-state index in [0.29, 0.717) is 17.4 Å². The van der Waals surface area contributed by atoms with Gasteiger partial charge >= 0.3 is 0 Å². The minimum absolute atomic E-state index is 0.0629. The lowest BCUT2D eigenvalue weighted by molar-refractivity contribution is -0.671. The first-order valence-corrected chi connectivity index (χ1v) is 5.95. The number of nitrogens with zero attached hydrogens (tertiary/aromatic N) is 2. The Morgan fingerprint density at radius 3 is 2.63 bits per heavy atom. The Balaban J connectivity index is 2.06. The Bertz CT molecular complexity index is 599. The highest BCUT2D eigenvalue weighted by Gasteiger charge is 2.08. The van der Waals surface area contributed by atoms with Gasteiger partial charge in [0.2, 0.25) is 11.9 Å². The summed E-state index contributed by atoms with van der Waals surface area (Å²) in [5.41, 5.74) is 0.904. The van der Waals surface area contributed by atoms with Crippen LogP contribution in [0.15, 0.2) is 42.7 Å². The van der Waals surface area contributed by atoms with Gasteiger partial charge < -0.3 is 4.74 Å². The number of nitro groups is 1. The molecule has 0 aliphatic carbocycles. The van der Waals surface area contributed by atoms with Crippen molar-refractivity contribution in [2.45, 2.75) is 6.61 Å². The molecule has 0 radical (unpaired) electrons. The zero-order valence-electron chi connectivity index (χ0n) is 10.2. The third-order valence-electron chi connectivity index (χ3n) is 2.55. The predicted molar refractivity (Wildman–Crippen MR) is 70.1 cm³/mol. The van der Waals surface area contributed by atoms with Crippen molar-refractivity contribution in [1.29, 1.82) is 0 Å². The van der Waals surface area contributed by atoms with Crippen molar-refractivity contribution in [3.8, 4) is 5.75 Å². The molecule has 2 rings (SSSR count). The van der Waals surface area contributed by atoms with E-state index in [-0.39, 0.29) is 5.69 Å². The zero-order chi connectivity index (χ0) is 13.8. The Morgan fingerprint density at radius 1 is 1.32 bits per heavy atom. The number of aryl methyl sites for hydroxylation is 1. The third kappa shape index (κ3) is 3.42. The van der Waals surface area contributed by atoms with Crippen molar-refractivity contribution < 1.29 is 14.2 Å². The minimum atomic E-state index is -0.432. The summed E-state index contributed by atoms with van der Waals surface area (Å²) in [5.74, 6) is 0.574. The highest BCUT2D eigenvalue weighted by Crippen LogP contribution is 2.22. The molecule has 98 valence electrons. The minimum Gasteiger partial charge on any atom is -0.482 e. The Kier molecular flexibility index (Phi) is 3.97. The number of benzene rings is 1. The number of non-ortho nitro benzene ring substituents is 1. The third-order valence-corrected chi connectivity index (χ3v) is 2.87. The van der Waals surface area contributed by atoms with E-state index in [4.69, 9.17) is 16.3 Å². The van der Waals surface area contributed by atoms with Crippen LogP contribution >= 0.6 is 11.6 Å². The summed E-state index contributed by atoms with van der Waals surface area (Å²) >= 11 is 6.00. The van der Waals surface area contributed by atoms with Crippen LogP contribution in [-0.2, 0) is 13.7 Å². The van der Waals surface area contributed by atoms with Crippen LogP contribution in [0.25, 0.3) is 0 Å². The first kappa shape index (κ1) is 13.3. The number of hydrogen-bond donors (Lipinski definition) is 0. The summed E-state index contributed by atoms with van der Waals surface area (Å²) in [7, 11) is 1.87. The molecule has 0 fully saturated rings. The second-order valence-corrected chi connectivity index (χ2v) is 4.44. The normalized spacial score (nSPS) is 10.2. The topological polar surface area (TPSA) is 56.2 Å². The van der Waals surface area contributed by atoms with Crippen molar-refractivity contribution in [3.05, 3.63) is 63.4 Å². The number of ether oxygens (including phenoxy) is 1. The van der Waals surface area contributed by atoms with E-state index in [2.05, 4.69) is 0 Å². The average Bonchev–Trinajstić information content (AvgIpc) is 2.40. The molecule has 0 atom stereocenters. The van der Waals surface area contributed by atoms with Gasteiger partial charge in [-0.05, 0) is 17.7 Å². The average molecular weight is 280 g/mol. The summed E-state index contributed by atoms with van der Waals surface area (Å²) < 4.78 is 7.41. The van der Waals surface area contributed by atoms with Gasteiger partial charge in [0.05, 0.1) is 9.95 Å². The number of rotatable bonds is 4. The molecule has 1 aromatic heterocycles.